The Kier molecular flexibility index (Phi) is 4.57. The number of hydrogen-bond donors (Lipinski definition) is 0. The number of fused-ring (bicyclic) bond motifs is 1. The predicted octanol–water partition coefficient (Wildman–Crippen LogP) is 4.16. The van der Waals surface area contributed by atoms with E-state index in [4.69, 9.17) is 0 Å². The highest BCUT2D eigenvalue weighted by atomic mass is 16.2. The zero-order valence-electron chi connectivity index (χ0n) is 13.2. The molecule has 0 N–H and O–H groups in total. The highest BCUT2D eigenvalue weighted by molar-refractivity contribution is 5.94. The van der Waals surface area contributed by atoms with Gasteiger partial charge in [-0.05, 0) is 48.4 Å². The average Bonchev–Trinajstić information content (AvgIpc) is 2.59. The van der Waals surface area contributed by atoms with Gasteiger partial charge < -0.3 is 4.90 Å². The number of benzene rings is 2. The van der Waals surface area contributed by atoms with E-state index in [0.29, 0.717) is 6.42 Å². The number of carbonyl (C=O) groups is 1. The second kappa shape index (κ2) is 6.78. The molecule has 0 unspecified atom stereocenters. The molecule has 2 heteroatoms. The summed E-state index contributed by atoms with van der Waals surface area (Å²) >= 11 is 0. The van der Waals surface area contributed by atoms with E-state index < -0.39 is 0 Å². The number of para-hydroxylation sites is 1. The standard InChI is InChI=1S/C20H23NO/c1-2-16-9-11-17(12-10-16)13-14-20(22)21-15-5-7-18-6-3-4-8-19(18)21/h3-4,6,8-12H,2,5,7,13-15H2,1H3. The topological polar surface area (TPSA) is 20.3 Å². The molecule has 0 saturated heterocycles. The largest absolute Gasteiger partial charge is 0.312 e. The minimum absolute atomic E-state index is 0.242. The van der Waals surface area contributed by atoms with Crippen LogP contribution in [-0.4, -0.2) is 12.5 Å². The smallest absolute Gasteiger partial charge is 0.227 e. The van der Waals surface area contributed by atoms with Gasteiger partial charge in [0, 0.05) is 18.7 Å². The van der Waals surface area contributed by atoms with E-state index in [1.165, 1.54) is 16.7 Å². The zero-order valence-corrected chi connectivity index (χ0v) is 13.2. The summed E-state index contributed by atoms with van der Waals surface area (Å²) in [6.45, 7) is 3.01. The molecule has 0 radical (unpaired) electrons. The first-order valence-electron chi connectivity index (χ1n) is 8.24. The first-order chi connectivity index (χ1) is 10.8. The molecular formula is C20H23NO. The van der Waals surface area contributed by atoms with E-state index in [1.54, 1.807) is 0 Å². The summed E-state index contributed by atoms with van der Waals surface area (Å²) in [5, 5.41) is 0. The van der Waals surface area contributed by atoms with Crippen molar-refractivity contribution in [3.8, 4) is 0 Å². The summed E-state index contributed by atoms with van der Waals surface area (Å²) < 4.78 is 0. The van der Waals surface area contributed by atoms with Gasteiger partial charge in [0.1, 0.15) is 0 Å². The van der Waals surface area contributed by atoms with Crippen molar-refractivity contribution in [3.05, 3.63) is 65.2 Å². The Morgan fingerprint density at radius 1 is 1.05 bits per heavy atom. The first-order valence-corrected chi connectivity index (χ1v) is 8.24. The number of amides is 1. The van der Waals surface area contributed by atoms with Gasteiger partial charge in [-0.25, -0.2) is 0 Å². The van der Waals surface area contributed by atoms with E-state index in [9.17, 15) is 4.79 Å². The molecule has 0 fully saturated rings. The summed E-state index contributed by atoms with van der Waals surface area (Å²) in [6, 6.07) is 16.9. The highest BCUT2D eigenvalue weighted by Crippen LogP contribution is 2.27. The molecule has 0 bridgehead atoms. The van der Waals surface area contributed by atoms with Crippen LogP contribution in [0.15, 0.2) is 48.5 Å². The number of aryl methyl sites for hydroxylation is 3. The van der Waals surface area contributed by atoms with Crippen LogP contribution in [0.4, 0.5) is 5.69 Å². The number of nitrogens with zero attached hydrogens (tertiary/aromatic N) is 1. The van der Waals surface area contributed by atoms with Crippen molar-refractivity contribution < 1.29 is 4.79 Å². The van der Waals surface area contributed by atoms with Gasteiger partial charge in [-0.2, -0.15) is 0 Å². The molecule has 114 valence electrons. The van der Waals surface area contributed by atoms with Gasteiger partial charge in [0.2, 0.25) is 5.91 Å². The van der Waals surface area contributed by atoms with E-state index in [1.807, 2.05) is 11.0 Å². The van der Waals surface area contributed by atoms with E-state index in [-0.39, 0.29) is 5.91 Å². The maximum absolute atomic E-state index is 12.6. The molecule has 22 heavy (non-hydrogen) atoms. The molecule has 1 amide bonds. The number of hydrogen-bond acceptors (Lipinski definition) is 1. The van der Waals surface area contributed by atoms with Crippen molar-refractivity contribution in [2.75, 3.05) is 11.4 Å². The Labute approximate surface area is 132 Å². The van der Waals surface area contributed by atoms with Gasteiger partial charge in [-0.3, -0.25) is 4.79 Å². The van der Waals surface area contributed by atoms with Gasteiger partial charge in [-0.1, -0.05) is 49.4 Å². The van der Waals surface area contributed by atoms with Gasteiger partial charge in [-0.15, -0.1) is 0 Å². The van der Waals surface area contributed by atoms with Crippen LogP contribution in [0.5, 0.6) is 0 Å². The molecule has 0 aliphatic carbocycles. The maximum atomic E-state index is 12.6. The normalized spacial score (nSPS) is 13.8. The third kappa shape index (κ3) is 3.22. The van der Waals surface area contributed by atoms with E-state index >= 15 is 0 Å². The van der Waals surface area contributed by atoms with E-state index in [2.05, 4.69) is 49.4 Å². The molecule has 2 aromatic carbocycles. The number of carbonyl (C=O) groups excluding carboxylic acids is 1. The lowest BCUT2D eigenvalue weighted by atomic mass is 10.0. The lowest BCUT2D eigenvalue weighted by Gasteiger charge is -2.29. The van der Waals surface area contributed by atoms with Crippen LogP contribution in [-0.2, 0) is 24.1 Å². The SMILES string of the molecule is CCc1ccc(CCC(=O)N2CCCc3ccccc32)cc1. The van der Waals surface area contributed by atoms with Crippen LogP contribution in [0.2, 0.25) is 0 Å². The van der Waals surface area contributed by atoms with Crippen LogP contribution in [0.3, 0.4) is 0 Å². The van der Waals surface area contributed by atoms with E-state index in [0.717, 1.165) is 37.9 Å². The quantitative estimate of drug-likeness (QED) is 0.829. The summed E-state index contributed by atoms with van der Waals surface area (Å²) in [5.41, 5.74) is 5.00. The van der Waals surface area contributed by atoms with Crippen molar-refractivity contribution in [1.29, 1.82) is 0 Å². The van der Waals surface area contributed by atoms with Crippen molar-refractivity contribution in [2.24, 2.45) is 0 Å². The number of rotatable bonds is 4. The second-order valence-corrected chi connectivity index (χ2v) is 5.95. The molecule has 1 aliphatic rings. The zero-order chi connectivity index (χ0) is 15.4. The van der Waals surface area contributed by atoms with Gasteiger partial charge >= 0.3 is 0 Å². The molecule has 0 saturated carbocycles. The van der Waals surface area contributed by atoms with Crippen LogP contribution in [0.25, 0.3) is 0 Å². The average molecular weight is 293 g/mol. The predicted molar refractivity (Wildman–Crippen MR) is 91.3 cm³/mol. The molecule has 2 nitrogen and oxygen atoms in total. The monoisotopic (exact) mass is 293 g/mol. The fourth-order valence-electron chi connectivity index (χ4n) is 3.12. The van der Waals surface area contributed by atoms with Crippen molar-refractivity contribution >= 4 is 11.6 Å². The molecule has 0 spiro atoms. The summed E-state index contributed by atoms with van der Waals surface area (Å²) in [5.74, 6) is 0.242. The molecule has 0 aromatic heterocycles. The molecule has 1 heterocycles. The van der Waals surface area contributed by atoms with Gasteiger partial charge in [0.15, 0.2) is 0 Å². The highest BCUT2D eigenvalue weighted by Gasteiger charge is 2.21. The fraction of sp³-hybridized carbons (Fsp3) is 0.350. The molecule has 3 rings (SSSR count). The fourth-order valence-corrected chi connectivity index (χ4v) is 3.12. The van der Waals surface area contributed by atoms with Crippen LogP contribution >= 0.6 is 0 Å². The van der Waals surface area contributed by atoms with Gasteiger partial charge in [0.25, 0.3) is 0 Å². The third-order valence-corrected chi connectivity index (χ3v) is 4.47. The van der Waals surface area contributed by atoms with Crippen LogP contribution < -0.4 is 4.90 Å². The van der Waals surface area contributed by atoms with Crippen molar-refractivity contribution in [2.45, 2.75) is 39.0 Å². The third-order valence-electron chi connectivity index (χ3n) is 4.47. The first kappa shape index (κ1) is 14.8. The molecule has 1 aliphatic heterocycles. The van der Waals surface area contributed by atoms with Crippen molar-refractivity contribution in [1.82, 2.24) is 0 Å². The lowest BCUT2D eigenvalue weighted by molar-refractivity contribution is -0.118. The van der Waals surface area contributed by atoms with Gasteiger partial charge in [0.05, 0.1) is 0 Å². The summed E-state index contributed by atoms with van der Waals surface area (Å²) in [7, 11) is 0. The minimum Gasteiger partial charge on any atom is -0.312 e. The van der Waals surface area contributed by atoms with Crippen LogP contribution in [0, 0.1) is 0 Å². The molecule has 2 aromatic rings. The Morgan fingerprint density at radius 3 is 2.55 bits per heavy atom. The van der Waals surface area contributed by atoms with Crippen LogP contribution in [0.1, 0.15) is 36.5 Å². The van der Waals surface area contributed by atoms with Crippen molar-refractivity contribution in [3.63, 3.8) is 0 Å². The number of anilines is 1. The second-order valence-electron chi connectivity index (χ2n) is 5.95. The summed E-state index contributed by atoms with van der Waals surface area (Å²) in [6.07, 6.45) is 4.61. The summed E-state index contributed by atoms with van der Waals surface area (Å²) in [4.78, 5) is 14.6. The Morgan fingerprint density at radius 2 is 1.77 bits per heavy atom. The Balaban J connectivity index is 1.65. The molecule has 0 atom stereocenters. The minimum atomic E-state index is 0.242. The Bertz CT molecular complexity index is 645. The Hall–Kier alpha value is -2.09. The molecular weight excluding hydrogens is 270 g/mol. The lowest BCUT2D eigenvalue weighted by Crippen LogP contribution is -2.35. The maximum Gasteiger partial charge on any atom is 0.227 e.